The number of benzene rings is 2. The molecule has 0 aliphatic rings. The normalized spacial score (nSPS) is 10.6. The number of halogens is 2. The summed E-state index contributed by atoms with van der Waals surface area (Å²) in [5.41, 5.74) is 1.78. The third kappa shape index (κ3) is 3.44. The summed E-state index contributed by atoms with van der Waals surface area (Å²) in [7, 11) is 0. The first-order chi connectivity index (χ1) is 10.2. The van der Waals surface area contributed by atoms with E-state index in [1.165, 1.54) is 12.1 Å². The molecule has 0 bridgehead atoms. The summed E-state index contributed by atoms with van der Waals surface area (Å²) in [4.78, 5) is 0. The number of hydrogen-bond acceptors (Lipinski definition) is 2. The second-order valence-electron chi connectivity index (χ2n) is 4.64. The van der Waals surface area contributed by atoms with Gasteiger partial charge in [-0.1, -0.05) is 23.7 Å². The van der Waals surface area contributed by atoms with Gasteiger partial charge in [0.1, 0.15) is 17.3 Å². The zero-order valence-corrected chi connectivity index (χ0v) is 11.9. The average molecular weight is 302 g/mol. The van der Waals surface area contributed by atoms with Crippen LogP contribution in [-0.4, -0.2) is 0 Å². The first kappa shape index (κ1) is 13.7. The third-order valence-corrected chi connectivity index (χ3v) is 3.32. The Morgan fingerprint density at radius 2 is 1.81 bits per heavy atom. The Bertz CT molecular complexity index is 737. The van der Waals surface area contributed by atoms with Gasteiger partial charge in [-0.15, -0.1) is 0 Å². The summed E-state index contributed by atoms with van der Waals surface area (Å²) < 4.78 is 18.6. The van der Waals surface area contributed by atoms with Crippen LogP contribution in [-0.2, 0) is 6.54 Å². The van der Waals surface area contributed by atoms with Crippen molar-refractivity contribution in [1.82, 2.24) is 0 Å². The van der Waals surface area contributed by atoms with Crippen LogP contribution >= 0.6 is 11.6 Å². The number of rotatable bonds is 4. The van der Waals surface area contributed by atoms with Crippen molar-refractivity contribution in [2.75, 3.05) is 5.32 Å². The summed E-state index contributed by atoms with van der Waals surface area (Å²) in [6, 6.07) is 17.6. The Labute approximate surface area is 127 Å². The highest BCUT2D eigenvalue weighted by atomic mass is 35.5. The van der Waals surface area contributed by atoms with Crippen LogP contribution in [0.4, 0.5) is 10.1 Å². The molecule has 1 heterocycles. The lowest BCUT2D eigenvalue weighted by Crippen LogP contribution is -1.97. The summed E-state index contributed by atoms with van der Waals surface area (Å²) in [5.74, 6) is 1.32. The molecule has 2 aromatic carbocycles. The van der Waals surface area contributed by atoms with Gasteiger partial charge < -0.3 is 9.73 Å². The number of furan rings is 1. The minimum atomic E-state index is -0.248. The zero-order chi connectivity index (χ0) is 14.7. The first-order valence-corrected chi connectivity index (χ1v) is 6.92. The van der Waals surface area contributed by atoms with Crippen molar-refractivity contribution in [2.24, 2.45) is 0 Å². The minimum Gasteiger partial charge on any atom is -0.459 e. The van der Waals surface area contributed by atoms with Gasteiger partial charge in [-0.25, -0.2) is 4.39 Å². The second kappa shape index (κ2) is 6.02. The molecular weight excluding hydrogens is 289 g/mol. The predicted octanol–water partition coefficient (Wildman–Crippen LogP) is 5.35. The molecule has 0 fully saturated rings. The van der Waals surface area contributed by atoms with Gasteiger partial charge in [0.25, 0.3) is 0 Å². The molecular formula is C17H13ClFNO. The van der Waals surface area contributed by atoms with E-state index in [-0.39, 0.29) is 5.82 Å². The Morgan fingerprint density at radius 1 is 1.00 bits per heavy atom. The maximum atomic E-state index is 12.8. The van der Waals surface area contributed by atoms with Crippen molar-refractivity contribution in [3.05, 3.63) is 77.3 Å². The molecule has 0 saturated carbocycles. The fourth-order valence-electron chi connectivity index (χ4n) is 2.03. The van der Waals surface area contributed by atoms with E-state index in [2.05, 4.69) is 5.32 Å². The van der Waals surface area contributed by atoms with Crippen LogP contribution in [0, 0.1) is 5.82 Å². The highest BCUT2D eigenvalue weighted by molar-refractivity contribution is 6.30. The largest absolute Gasteiger partial charge is 0.459 e. The quantitative estimate of drug-likeness (QED) is 0.702. The van der Waals surface area contributed by atoms with Gasteiger partial charge in [0.05, 0.1) is 6.54 Å². The number of nitrogens with one attached hydrogen (secondary N) is 1. The first-order valence-electron chi connectivity index (χ1n) is 6.55. The fourth-order valence-corrected chi connectivity index (χ4v) is 2.22. The topological polar surface area (TPSA) is 25.2 Å². The lowest BCUT2D eigenvalue weighted by molar-refractivity contribution is 0.531. The van der Waals surface area contributed by atoms with Crippen molar-refractivity contribution in [1.29, 1.82) is 0 Å². The SMILES string of the molecule is Fc1ccc(NCc2ccc(-c3cccc(Cl)c3)o2)cc1. The van der Waals surface area contributed by atoms with Gasteiger partial charge in [0.2, 0.25) is 0 Å². The van der Waals surface area contributed by atoms with Crippen LogP contribution < -0.4 is 5.32 Å². The monoisotopic (exact) mass is 301 g/mol. The molecule has 1 aromatic heterocycles. The van der Waals surface area contributed by atoms with E-state index < -0.39 is 0 Å². The highest BCUT2D eigenvalue weighted by Crippen LogP contribution is 2.25. The van der Waals surface area contributed by atoms with Crippen molar-refractivity contribution < 1.29 is 8.81 Å². The molecule has 0 aliphatic carbocycles. The highest BCUT2D eigenvalue weighted by Gasteiger charge is 2.05. The second-order valence-corrected chi connectivity index (χ2v) is 5.07. The smallest absolute Gasteiger partial charge is 0.134 e. The molecule has 1 N–H and O–H groups in total. The van der Waals surface area contributed by atoms with Crippen LogP contribution in [0.2, 0.25) is 5.02 Å². The Morgan fingerprint density at radius 3 is 2.57 bits per heavy atom. The van der Waals surface area contributed by atoms with Crippen LogP contribution in [0.3, 0.4) is 0 Å². The molecule has 2 nitrogen and oxygen atoms in total. The van der Waals surface area contributed by atoms with E-state index in [0.717, 1.165) is 22.8 Å². The molecule has 0 atom stereocenters. The maximum absolute atomic E-state index is 12.8. The van der Waals surface area contributed by atoms with Crippen molar-refractivity contribution in [2.45, 2.75) is 6.54 Å². The Hall–Kier alpha value is -2.26. The number of hydrogen-bond donors (Lipinski definition) is 1. The molecule has 3 aromatic rings. The van der Waals surface area contributed by atoms with Crippen molar-refractivity contribution in [3.8, 4) is 11.3 Å². The Kier molecular flexibility index (Phi) is 3.93. The van der Waals surface area contributed by atoms with Gasteiger partial charge in [-0.05, 0) is 48.5 Å². The number of anilines is 1. The summed E-state index contributed by atoms with van der Waals surface area (Å²) in [5, 5.41) is 3.85. The molecule has 0 spiro atoms. The van der Waals surface area contributed by atoms with E-state index in [9.17, 15) is 4.39 Å². The lowest BCUT2D eigenvalue weighted by Gasteiger charge is -2.04. The lowest BCUT2D eigenvalue weighted by atomic mass is 10.2. The molecule has 0 aliphatic heterocycles. The van der Waals surface area contributed by atoms with Gasteiger partial charge >= 0.3 is 0 Å². The molecule has 0 amide bonds. The third-order valence-electron chi connectivity index (χ3n) is 3.08. The van der Waals surface area contributed by atoms with E-state index >= 15 is 0 Å². The molecule has 0 saturated heterocycles. The van der Waals surface area contributed by atoms with Crippen molar-refractivity contribution in [3.63, 3.8) is 0 Å². The molecule has 0 unspecified atom stereocenters. The predicted molar refractivity (Wildman–Crippen MR) is 82.9 cm³/mol. The van der Waals surface area contributed by atoms with E-state index in [1.54, 1.807) is 12.1 Å². The van der Waals surface area contributed by atoms with Crippen molar-refractivity contribution >= 4 is 17.3 Å². The summed E-state index contributed by atoms with van der Waals surface area (Å²) in [6.07, 6.45) is 0. The molecule has 3 rings (SSSR count). The van der Waals surface area contributed by atoms with Crippen LogP contribution in [0.1, 0.15) is 5.76 Å². The average Bonchev–Trinajstić information content (AvgIpc) is 2.96. The fraction of sp³-hybridized carbons (Fsp3) is 0.0588. The van der Waals surface area contributed by atoms with Crippen LogP contribution in [0.5, 0.6) is 0 Å². The van der Waals surface area contributed by atoms with Crippen LogP contribution in [0.15, 0.2) is 65.1 Å². The molecule has 4 heteroatoms. The van der Waals surface area contributed by atoms with E-state index in [0.29, 0.717) is 11.6 Å². The van der Waals surface area contributed by atoms with Crippen LogP contribution in [0.25, 0.3) is 11.3 Å². The standard InChI is InChI=1S/C17H13ClFNO/c18-13-3-1-2-12(10-13)17-9-8-16(21-17)11-20-15-6-4-14(19)5-7-15/h1-10,20H,11H2. The minimum absolute atomic E-state index is 0.248. The van der Waals surface area contributed by atoms with E-state index in [1.807, 2.05) is 36.4 Å². The van der Waals surface area contributed by atoms with Gasteiger partial charge in [0.15, 0.2) is 0 Å². The zero-order valence-electron chi connectivity index (χ0n) is 11.1. The Balaban J connectivity index is 1.69. The summed E-state index contributed by atoms with van der Waals surface area (Å²) in [6.45, 7) is 0.534. The maximum Gasteiger partial charge on any atom is 0.134 e. The molecule has 106 valence electrons. The van der Waals surface area contributed by atoms with E-state index in [4.69, 9.17) is 16.0 Å². The van der Waals surface area contributed by atoms with Gasteiger partial charge in [-0.2, -0.15) is 0 Å². The molecule has 0 radical (unpaired) electrons. The van der Waals surface area contributed by atoms with Gasteiger partial charge in [0, 0.05) is 16.3 Å². The summed E-state index contributed by atoms with van der Waals surface area (Å²) >= 11 is 5.97. The van der Waals surface area contributed by atoms with Gasteiger partial charge in [-0.3, -0.25) is 0 Å². The molecule has 21 heavy (non-hydrogen) atoms.